The van der Waals surface area contributed by atoms with Gasteiger partial charge in [0.2, 0.25) is 0 Å². The Bertz CT molecular complexity index is 2180. The molecule has 0 fully saturated rings. The molecular formula is C31H26N6O6. The zero-order chi connectivity index (χ0) is 29.8. The van der Waals surface area contributed by atoms with Gasteiger partial charge >= 0.3 is 22.8 Å². The molecule has 0 radical (unpaired) electrons. The molecule has 2 aliphatic rings. The summed E-state index contributed by atoms with van der Waals surface area (Å²) in [6, 6.07) is 20.7. The van der Waals surface area contributed by atoms with Crippen molar-refractivity contribution in [3.63, 3.8) is 0 Å². The fourth-order valence-electron chi connectivity index (χ4n) is 5.96. The zero-order valence-electron chi connectivity index (χ0n) is 23.0. The van der Waals surface area contributed by atoms with E-state index in [4.69, 9.17) is 4.74 Å². The van der Waals surface area contributed by atoms with Crippen molar-refractivity contribution in [2.24, 2.45) is 0 Å². The highest BCUT2D eigenvalue weighted by Crippen LogP contribution is 2.36. The van der Waals surface area contributed by atoms with Gasteiger partial charge in [0, 0.05) is 0 Å². The van der Waals surface area contributed by atoms with Gasteiger partial charge in [0.1, 0.15) is 0 Å². The van der Waals surface area contributed by atoms with Gasteiger partial charge in [-0.2, -0.15) is 0 Å². The van der Waals surface area contributed by atoms with Gasteiger partial charge in [-0.25, -0.2) is 47.0 Å². The predicted octanol–water partition coefficient (Wildman–Crippen LogP) is 2.08. The highest BCUT2D eigenvalue weighted by Gasteiger charge is 2.40. The lowest BCUT2D eigenvalue weighted by molar-refractivity contribution is 0.249. The number of allylic oxidation sites excluding steroid dienone is 3. The maximum Gasteiger partial charge on any atom is 0.352 e. The molecule has 2 aliphatic heterocycles. The first kappa shape index (κ1) is 26.1. The van der Waals surface area contributed by atoms with Crippen LogP contribution < -0.4 is 27.5 Å². The van der Waals surface area contributed by atoms with Gasteiger partial charge in [-0.1, -0.05) is 60.7 Å². The van der Waals surface area contributed by atoms with Crippen LogP contribution in [0.4, 0.5) is 0 Å². The summed E-state index contributed by atoms with van der Waals surface area (Å²) in [5, 5.41) is 10.0. The molecule has 216 valence electrons. The van der Waals surface area contributed by atoms with Crippen molar-refractivity contribution in [1.82, 2.24) is 27.9 Å². The van der Waals surface area contributed by atoms with Crippen molar-refractivity contribution in [3.05, 3.63) is 144 Å². The van der Waals surface area contributed by atoms with Gasteiger partial charge in [0.25, 0.3) is 0 Å². The van der Waals surface area contributed by atoms with E-state index in [0.717, 1.165) is 9.13 Å². The van der Waals surface area contributed by atoms with E-state index in [1.54, 1.807) is 84.9 Å². The van der Waals surface area contributed by atoms with Crippen LogP contribution in [0.25, 0.3) is 17.5 Å². The molecule has 3 aromatic carbocycles. The SMILES string of the molecule is COc1cc(C=C[C@H]2C3=CCn4c(=O)n(-c5ccccc5)c(=O)n4[C@@H]3Cn3c(=O)n(-c4ccccc4)c(=O)n32)ccc1O. The van der Waals surface area contributed by atoms with Crippen LogP contribution in [0.3, 0.4) is 0 Å². The number of nitrogens with zero attached hydrogens (tertiary/aromatic N) is 6. The van der Waals surface area contributed by atoms with Crippen LogP contribution >= 0.6 is 0 Å². The highest BCUT2D eigenvalue weighted by molar-refractivity contribution is 5.56. The van der Waals surface area contributed by atoms with E-state index in [2.05, 4.69) is 0 Å². The van der Waals surface area contributed by atoms with E-state index < -0.39 is 34.8 Å². The fraction of sp³-hybridized carbons (Fsp3) is 0.161. The molecule has 0 spiro atoms. The molecule has 2 atom stereocenters. The molecule has 7 rings (SSSR count). The third-order valence-electron chi connectivity index (χ3n) is 7.95. The third kappa shape index (κ3) is 3.98. The van der Waals surface area contributed by atoms with Crippen LogP contribution in [0.2, 0.25) is 0 Å². The number of phenols is 1. The third-order valence-corrected chi connectivity index (χ3v) is 7.95. The normalized spacial score (nSPS) is 17.3. The minimum Gasteiger partial charge on any atom is -0.504 e. The highest BCUT2D eigenvalue weighted by atomic mass is 16.5. The van der Waals surface area contributed by atoms with Gasteiger partial charge in [0.15, 0.2) is 11.5 Å². The fourth-order valence-corrected chi connectivity index (χ4v) is 5.96. The number of hydrogen-bond donors (Lipinski definition) is 1. The van der Waals surface area contributed by atoms with Crippen LogP contribution in [0.15, 0.2) is 116 Å². The van der Waals surface area contributed by atoms with E-state index in [1.165, 1.54) is 31.9 Å². The Morgan fingerprint density at radius 3 is 2.00 bits per heavy atom. The summed E-state index contributed by atoms with van der Waals surface area (Å²) in [7, 11) is 1.45. The maximum absolute atomic E-state index is 13.9. The van der Waals surface area contributed by atoms with Crippen molar-refractivity contribution in [2.75, 3.05) is 7.11 Å². The van der Waals surface area contributed by atoms with Gasteiger partial charge in [-0.15, -0.1) is 0 Å². The number of fused-ring (bicyclic) bond motifs is 4. The van der Waals surface area contributed by atoms with Crippen molar-refractivity contribution in [1.29, 1.82) is 0 Å². The number of para-hydroxylation sites is 2. The average Bonchev–Trinajstić information content (AvgIpc) is 3.44. The summed E-state index contributed by atoms with van der Waals surface area (Å²) < 4.78 is 12.9. The number of ether oxygens (including phenoxy) is 1. The second-order valence-corrected chi connectivity index (χ2v) is 10.3. The van der Waals surface area contributed by atoms with Crippen LogP contribution in [0.1, 0.15) is 17.6 Å². The van der Waals surface area contributed by atoms with Gasteiger partial charge in [0.05, 0.1) is 43.7 Å². The number of aromatic hydroxyl groups is 1. The van der Waals surface area contributed by atoms with Gasteiger partial charge in [-0.05, 0) is 47.5 Å². The molecule has 0 bridgehead atoms. The van der Waals surface area contributed by atoms with Crippen molar-refractivity contribution >= 4 is 6.08 Å². The minimum absolute atomic E-state index is 0.0161. The summed E-state index contributed by atoms with van der Waals surface area (Å²) in [6.45, 7) is 0.0742. The van der Waals surface area contributed by atoms with Gasteiger partial charge in [-0.3, -0.25) is 0 Å². The molecule has 12 heteroatoms. The Labute approximate surface area is 243 Å². The number of methoxy groups -OCH3 is 1. The largest absolute Gasteiger partial charge is 0.504 e. The molecule has 2 aromatic heterocycles. The smallest absolute Gasteiger partial charge is 0.352 e. The first-order valence-electron chi connectivity index (χ1n) is 13.6. The maximum atomic E-state index is 13.9. The summed E-state index contributed by atoms with van der Waals surface area (Å²) in [4.78, 5) is 55.0. The van der Waals surface area contributed by atoms with Crippen molar-refractivity contribution in [3.8, 4) is 22.9 Å². The molecule has 0 amide bonds. The molecule has 0 aliphatic carbocycles. The molecule has 43 heavy (non-hydrogen) atoms. The number of hydrogen-bond acceptors (Lipinski definition) is 6. The van der Waals surface area contributed by atoms with E-state index in [1.807, 2.05) is 6.08 Å². The Morgan fingerprint density at radius 1 is 0.767 bits per heavy atom. The lowest BCUT2D eigenvalue weighted by Crippen LogP contribution is -2.46. The summed E-state index contributed by atoms with van der Waals surface area (Å²) in [5.41, 5.74) is 0.102. The topological polar surface area (TPSA) is 127 Å². The quantitative estimate of drug-likeness (QED) is 0.318. The van der Waals surface area contributed by atoms with Crippen molar-refractivity contribution in [2.45, 2.75) is 25.2 Å². The van der Waals surface area contributed by atoms with Crippen LogP contribution in [-0.4, -0.2) is 40.1 Å². The first-order chi connectivity index (χ1) is 20.9. The summed E-state index contributed by atoms with van der Waals surface area (Å²) in [5.74, 6) is 0.264. The van der Waals surface area contributed by atoms with Crippen LogP contribution in [0.5, 0.6) is 11.5 Å². The molecular weight excluding hydrogens is 552 g/mol. The molecule has 5 aromatic rings. The molecule has 0 unspecified atom stereocenters. The van der Waals surface area contributed by atoms with E-state index in [-0.39, 0.29) is 24.6 Å². The second kappa shape index (κ2) is 9.94. The van der Waals surface area contributed by atoms with E-state index in [9.17, 15) is 24.3 Å². The summed E-state index contributed by atoms with van der Waals surface area (Å²) >= 11 is 0. The Kier molecular flexibility index (Phi) is 6.04. The average molecular weight is 579 g/mol. The first-order valence-corrected chi connectivity index (χ1v) is 13.6. The number of rotatable bonds is 5. The number of phenolic OH excluding ortho intramolecular Hbond substituents is 1. The lowest BCUT2D eigenvalue weighted by atomic mass is 9.94. The monoisotopic (exact) mass is 578 g/mol. The Balaban J connectivity index is 1.43. The van der Waals surface area contributed by atoms with Crippen molar-refractivity contribution < 1.29 is 9.84 Å². The second-order valence-electron chi connectivity index (χ2n) is 10.3. The van der Waals surface area contributed by atoms with Gasteiger partial charge < -0.3 is 9.84 Å². The molecule has 12 nitrogen and oxygen atoms in total. The Morgan fingerprint density at radius 2 is 1.37 bits per heavy atom. The molecule has 4 heterocycles. The van der Waals surface area contributed by atoms with Crippen LogP contribution in [0, 0.1) is 0 Å². The molecule has 1 N–H and O–H groups in total. The van der Waals surface area contributed by atoms with E-state index in [0.29, 0.717) is 22.5 Å². The lowest BCUT2D eigenvalue weighted by Gasteiger charge is -2.36. The van der Waals surface area contributed by atoms with E-state index >= 15 is 0 Å². The number of aromatic nitrogens is 6. The standard InChI is InChI=1S/C31H26N6O6/c1-43-27-18-20(13-15-26(27)38)12-14-24-23-16-17-32-28(39)34(21-8-4-2-5-9-21)31(42)37(32)25(23)19-33-29(40)35(30(41)36(24)33)22-10-6-3-7-11-22/h2-16,18,24-25,38H,17,19H2,1H3/t24-,25+/m0/s1. The minimum atomic E-state index is -0.764. The Hall–Kier alpha value is -5.78. The number of benzene rings is 3. The summed E-state index contributed by atoms with van der Waals surface area (Å²) in [6.07, 6.45) is 5.37. The van der Waals surface area contributed by atoms with Crippen LogP contribution in [-0.2, 0) is 13.1 Å². The zero-order valence-corrected chi connectivity index (χ0v) is 23.0. The molecule has 0 saturated heterocycles. The molecule has 0 saturated carbocycles. The predicted molar refractivity (Wildman–Crippen MR) is 158 cm³/mol.